The molecular formula is C7H11NO3. The average Bonchev–Trinajstić information content (AvgIpc) is 1.86. The molecule has 0 aliphatic rings. The fraction of sp³-hybridized carbons (Fsp3) is 0.429. The van der Waals surface area contributed by atoms with E-state index in [-0.39, 0.29) is 0 Å². The minimum Gasteiger partial charge on any atom is -0.478 e. The van der Waals surface area contributed by atoms with E-state index in [1.165, 1.54) is 7.11 Å². The smallest absolute Gasteiger partial charge is 0.328 e. The molecule has 0 radical (unpaired) electrons. The van der Waals surface area contributed by atoms with Gasteiger partial charge in [-0.1, -0.05) is 5.16 Å². The van der Waals surface area contributed by atoms with E-state index in [4.69, 9.17) is 5.11 Å². The predicted molar refractivity (Wildman–Crippen MR) is 41.5 cm³/mol. The molecular weight excluding hydrogens is 146 g/mol. The summed E-state index contributed by atoms with van der Waals surface area (Å²) < 4.78 is 0. The van der Waals surface area contributed by atoms with Crippen molar-refractivity contribution in [2.75, 3.05) is 7.11 Å². The topological polar surface area (TPSA) is 58.9 Å². The Morgan fingerprint density at radius 3 is 2.45 bits per heavy atom. The van der Waals surface area contributed by atoms with Gasteiger partial charge in [0.2, 0.25) is 0 Å². The number of allylic oxidation sites excluding steroid dienone is 1. The summed E-state index contributed by atoms with van der Waals surface area (Å²) in [5.74, 6) is -0.979. The number of hydrogen-bond acceptors (Lipinski definition) is 3. The van der Waals surface area contributed by atoms with Crippen molar-refractivity contribution in [1.82, 2.24) is 0 Å². The molecule has 0 atom stereocenters. The van der Waals surface area contributed by atoms with Crippen LogP contribution < -0.4 is 0 Å². The van der Waals surface area contributed by atoms with E-state index in [9.17, 15) is 4.79 Å². The van der Waals surface area contributed by atoms with E-state index >= 15 is 0 Å². The van der Waals surface area contributed by atoms with Crippen molar-refractivity contribution in [2.45, 2.75) is 13.8 Å². The number of nitrogens with zero attached hydrogens (tertiary/aromatic N) is 1. The van der Waals surface area contributed by atoms with Crippen LogP contribution in [-0.2, 0) is 9.63 Å². The van der Waals surface area contributed by atoms with Crippen LogP contribution in [0.15, 0.2) is 16.8 Å². The van der Waals surface area contributed by atoms with Crippen molar-refractivity contribution in [3.63, 3.8) is 0 Å². The normalized spacial score (nSPS) is 13.0. The van der Waals surface area contributed by atoms with Gasteiger partial charge in [0.25, 0.3) is 0 Å². The van der Waals surface area contributed by atoms with E-state index < -0.39 is 5.97 Å². The van der Waals surface area contributed by atoms with E-state index in [1.54, 1.807) is 13.8 Å². The molecule has 0 aliphatic carbocycles. The lowest BCUT2D eigenvalue weighted by molar-refractivity contribution is -0.131. The first-order chi connectivity index (χ1) is 5.07. The van der Waals surface area contributed by atoms with E-state index in [2.05, 4.69) is 9.99 Å². The summed E-state index contributed by atoms with van der Waals surface area (Å²) >= 11 is 0. The highest BCUT2D eigenvalue weighted by Crippen LogP contribution is 1.96. The monoisotopic (exact) mass is 157 g/mol. The maximum absolute atomic E-state index is 10.1. The van der Waals surface area contributed by atoms with Crippen molar-refractivity contribution < 1.29 is 14.7 Å². The highest BCUT2D eigenvalue weighted by Gasteiger charge is 1.97. The average molecular weight is 157 g/mol. The third-order valence-electron chi connectivity index (χ3n) is 1.14. The van der Waals surface area contributed by atoms with Crippen molar-refractivity contribution in [2.24, 2.45) is 5.16 Å². The lowest BCUT2D eigenvalue weighted by Crippen LogP contribution is -1.98. The van der Waals surface area contributed by atoms with Crippen molar-refractivity contribution in [3.8, 4) is 0 Å². The van der Waals surface area contributed by atoms with E-state index in [0.29, 0.717) is 11.3 Å². The lowest BCUT2D eigenvalue weighted by atomic mass is 10.2. The number of rotatable bonds is 3. The van der Waals surface area contributed by atoms with Gasteiger partial charge < -0.3 is 9.94 Å². The first kappa shape index (κ1) is 9.68. The Kier molecular flexibility index (Phi) is 3.95. The van der Waals surface area contributed by atoms with Gasteiger partial charge in [-0.05, 0) is 19.4 Å². The molecule has 0 unspecified atom stereocenters. The first-order valence-corrected chi connectivity index (χ1v) is 3.07. The Labute approximate surface area is 65.2 Å². The van der Waals surface area contributed by atoms with E-state index in [1.807, 2.05) is 0 Å². The highest BCUT2D eigenvalue weighted by molar-refractivity contribution is 6.01. The molecule has 0 aromatic heterocycles. The zero-order valence-corrected chi connectivity index (χ0v) is 6.79. The molecule has 11 heavy (non-hydrogen) atoms. The molecule has 0 aromatic carbocycles. The molecule has 1 N–H and O–H groups in total. The van der Waals surface area contributed by atoms with Crippen LogP contribution in [0.1, 0.15) is 13.8 Å². The first-order valence-electron chi connectivity index (χ1n) is 3.07. The molecule has 0 spiro atoms. The number of carboxylic acids is 1. The Balaban J connectivity index is 4.35. The Morgan fingerprint density at radius 2 is 2.09 bits per heavy atom. The molecule has 0 rings (SSSR count). The van der Waals surface area contributed by atoms with Crippen LogP contribution in [0.4, 0.5) is 0 Å². The second-order valence-corrected chi connectivity index (χ2v) is 2.02. The van der Waals surface area contributed by atoms with Gasteiger partial charge in [-0.3, -0.25) is 0 Å². The maximum Gasteiger partial charge on any atom is 0.328 e. The van der Waals surface area contributed by atoms with Crippen LogP contribution in [0.2, 0.25) is 0 Å². The summed E-state index contributed by atoms with van der Waals surface area (Å²) in [5, 5.41) is 11.9. The van der Waals surface area contributed by atoms with Crippen LogP contribution in [-0.4, -0.2) is 23.9 Å². The van der Waals surface area contributed by atoms with Crippen LogP contribution in [0.5, 0.6) is 0 Å². The van der Waals surface area contributed by atoms with Gasteiger partial charge in [0, 0.05) is 6.08 Å². The third-order valence-corrected chi connectivity index (χ3v) is 1.14. The Bertz CT molecular complexity index is 206. The second-order valence-electron chi connectivity index (χ2n) is 2.02. The fourth-order valence-electron chi connectivity index (χ4n) is 0.499. The van der Waals surface area contributed by atoms with Crippen LogP contribution in [0, 0.1) is 0 Å². The molecule has 4 heteroatoms. The standard InChI is InChI=1S/C7H11NO3/c1-5(4-7(9)10)6(2)8-11-3/h4H,1-3H3,(H,9,10). The summed E-state index contributed by atoms with van der Waals surface area (Å²) in [4.78, 5) is 14.6. The lowest BCUT2D eigenvalue weighted by Gasteiger charge is -1.96. The minimum absolute atomic E-state index is 0.565. The van der Waals surface area contributed by atoms with Gasteiger partial charge in [-0.25, -0.2) is 4.79 Å². The van der Waals surface area contributed by atoms with Crippen LogP contribution >= 0.6 is 0 Å². The number of carbonyl (C=O) groups is 1. The van der Waals surface area contributed by atoms with Gasteiger partial charge in [0.05, 0.1) is 5.71 Å². The molecule has 0 amide bonds. The minimum atomic E-state index is -0.979. The largest absolute Gasteiger partial charge is 0.478 e. The number of aliphatic carboxylic acids is 1. The fourth-order valence-corrected chi connectivity index (χ4v) is 0.499. The molecule has 0 heterocycles. The van der Waals surface area contributed by atoms with Gasteiger partial charge in [-0.15, -0.1) is 0 Å². The van der Waals surface area contributed by atoms with Gasteiger partial charge >= 0.3 is 5.97 Å². The molecule has 62 valence electrons. The van der Waals surface area contributed by atoms with Crippen molar-refractivity contribution in [1.29, 1.82) is 0 Å². The molecule has 0 fully saturated rings. The van der Waals surface area contributed by atoms with Crippen molar-refractivity contribution in [3.05, 3.63) is 11.6 Å². The summed E-state index contributed by atoms with van der Waals surface area (Å²) in [6.45, 7) is 3.34. The van der Waals surface area contributed by atoms with Crippen molar-refractivity contribution >= 4 is 11.7 Å². The zero-order chi connectivity index (χ0) is 8.85. The van der Waals surface area contributed by atoms with Crippen LogP contribution in [0.25, 0.3) is 0 Å². The molecule has 0 aliphatic heterocycles. The summed E-state index contributed by atoms with van der Waals surface area (Å²) in [6, 6.07) is 0. The van der Waals surface area contributed by atoms with Gasteiger partial charge in [0.1, 0.15) is 7.11 Å². The zero-order valence-electron chi connectivity index (χ0n) is 6.79. The number of oxime groups is 1. The Morgan fingerprint density at radius 1 is 1.55 bits per heavy atom. The van der Waals surface area contributed by atoms with Crippen LogP contribution in [0.3, 0.4) is 0 Å². The number of hydrogen-bond donors (Lipinski definition) is 1. The summed E-state index contributed by atoms with van der Waals surface area (Å²) in [6.07, 6.45) is 1.08. The number of carboxylic acid groups (broad SMARTS) is 1. The second kappa shape index (κ2) is 4.49. The molecule has 0 aromatic rings. The third kappa shape index (κ3) is 4.13. The molecule has 0 saturated heterocycles. The quantitative estimate of drug-likeness (QED) is 0.378. The Hall–Kier alpha value is -1.32. The molecule has 0 saturated carbocycles. The van der Waals surface area contributed by atoms with Gasteiger partial charge in [-0.2, -0.15) is 0 Å². The summed E-state index contributed by atoms with van der Waals surface area (Å²) in [7, 11) is 1.41. The highest BCUT2D eigenvalue weighted by atomic mass is 16.6. The molecule has 0 bridgehead atoms. The van der Waals surface area contributed by atoms with E-state index in [0.717, 1.165) is 6.08 Å². The van der Waals surface area contributed by atoms with Gasteiger partial charge in [0.15, 0.2) is 0 Å². The predicted octanol–water partition coefficient (Wildman–Crippen LogP) is 1.04. The SMILES string of the molecule is CON=C(C)C(C)=CC(=O)O. The molecule has 4 nitrogen and oxygen atoms in total. The summed E-state index contributed by atoms with van der Waals surface area (Å²) in [5.41, 5.74) is 1.15. The maximum atomic E-state index is 10.1.